The lowest BCUT2D eigenvalue weighted by molar-refractivity contribution is -0.147. The van der Waals surface area contributed by atoms with E-state index >= 15 is 0 Å². The maximum atomic E-state index is 11.5. The lowest BCUT2D eigenvalue weighted by Gasteiger charge is -2.19. The quantitative estimate of drug-likeness (QED) is 0.773. The van der Waals surface area contributed by atoms with E-state index in [1.165, 1.54) is 7.11 Å². The van der Waals surface area contributed by atoms with Gasteiger partial charge in [-0.15, -0.1) is 0 Å². The zero-order valence-electron chi connectivity index (χ0n) is 7.67. The van der Waals surface area contributed by atoms with Gasteiger partial charge in [0.25, 0.3) is 0 Å². The topological polar surface area (TPSA) is 65.5 Å². The third kappa shape index (κ3) is 1.19. The molecule has 0 saturated heterocycles. The molecule has 2 rings (SSSR count). The molecule has 1 unspecified atom stereocenters. The standard InChI is InChI=1S/C9H10BrNO3/c1-13-8(12)9(11)3-2-6-5(9)4-7(10)14-6/h4H,2-3,11H2,1H3. The van der Waals surface area contributed by atoms with Gasteiger partial charge in [-0.05, 0) is 28.4 Å². The zero-order valence-corrected chi connectivity index (χ0v) is 9.26. The van der Waals surface area contributed by atoms with Gasteiger partial charge < -0.3 is 14.9 Å². The molecule has 76 valence electrons. The molecule has 0 aromatic carbocycles. The summed E-state index contributed by atoms with van der Waals surface area (Å²) in [5.41, 5.74) is 5.69. The Morgan fingerprint density at radius 2 is 2.50 bits per heavy atom. The van der Waals surface area contributed by atoms with Crippen molar-refractivity contribution in [2.45, 2.75) is 18.4 Å². The fourth-order valence-electron chi connectivity index (χ4n) is 1.80. The highest BCUT2D eigenvalue weighted by Gasteiger charge is 2.45. The molecule has 0 amide bonds. The number of aryl methyl sites for hydroxylation is 1. The van der Waals surface area contributed by atoms with Crippen molar-refractivity contribution in [2.75, 3.05) is 7.11 Å². The lowest BCUT2D eigenvalue weighted by Crippen LogP contribution is -2.43. The van der Waals surface area contributed by atoms with Crippen LogP contribution in [0, 0.1) is 0 Å². The predicted molar refractivity (Wildman–Crippen MR) is 52.6 cm³/mol. The minimum Gasteiger partial charge on any atom is -0.467 e. The van der Waals surface area contributed by atoms with Gasteiger partial charge in [0.15, 0.2) is 4.67 Å². The van der Waals surface area contributed by atoms with Gasteiger partial charge in [0.2, 0.25) is 0 Å². The van der Waals surface area contributed by atoms with Crippen LogP contribution >= 0.6 is 15.9 Å². The summed E-state index contributed by atoms with van der Waals surface area (Å²) in [6, 6.07) is 1.74. The number of hydrogen-bond acceptors (Lipinski definition) is 4. The normalized spacial score (nSPS) is 24.8. The van der Waals surface area contributed by atoms with Gasteiger partial charge in [-0.2, -0.15) is 0 Å². The van der Waals surface area contributed by atoms with E-state index in [0.29, 0.717) is 17.5 Å². The molecule has 4 nitrogen and oxygen atoms in total. The summed E-state index contributed by atoms with van der Waals surface area (Å²) < 4.78 is 10.6. The van der Waals surface area contributed by atoms with Crippen LogP contribution in [-0.4, -0.2) is 13.1 Å². The monoisotopic (exact) mass is 259 g/mol. The number of ether oxygens (including phenoxy) is 1. The van der Waals surface area contributed by atoms with Crippen LogP contribution in [0.3, 0.4) is 0 Å². The van der Waals surface area contributed by atoms with Crippen LogP contribution in [0.4, 0.5) is 0 Å². The third-order valence-electron chi connectivity index (χ3n) is 2.56. The number of nitrogens with two attached hydrogens (primary N) is 1. The average Bonchev–Trinajstić information content (AvgIpc) is 2.66. The zero-order chi connectivity index (χ0) is 10.3. The first-order valence-electron chi connectivity index (χ1n) is 4.24. The highest BCUT2D eigenvalue weighted by atomic mass is 79.9. The Kier molecular flexibility index (Phi) is 2.16. The first-order valence-corrected chi connectivity index (χ1v) is 5.03. The van der Waals surface area contributed by atoms with E-state index in [1.807, 2.05) is 0 Å². The van der Waals surface area contributed by atoms with Crippen LogP contribution < -0.4 is 5.73 Å². The number of furan rings is 1. The molecule has 1 aromatic rings. The number of fused-ring (bicyclic) bond motifs is 1. The summed E-state index contributed by atoms with van der Waals surface area (Å²) in [5, 5.41) is 0. The molecule has 0 spiro atoms. The molecule has 0 aliphatic heterocycles. The second kappa shape index (κ2) is 3.10. The molecule has 0 fully saturated rings. The third-order valence-corrected chi connectivity index (χ3v) is 2.95. The number of esters is 1. The van der Waals surface area contributed by atoms with Gasteiger partial charge in [0.1, 0.15) is 11.3 Å². The van der Waals surface area contributed by atoms with Crippen LogP contribution in [-0.2, 0) is 21.5 Å². The summed E-state index contributed by atoms with van der Waals surface area (Å²) in [4.78, 5) is 11.5. The van der Waals surface area contributed by atoms with Gasteiger partial charge in [-0.3, -0.25) is 0 Å². The van der Waals surface area contributed by atoms with Crippen LogP contribution in [0.15, 0.2) is 15.2 Å². The van der Waals surface area contributed by atoms with Crippen molar-refractivity contribution < 1.29 is 13.9 Å². The highest BCUT2D eigenvalue weighted by molar-refractivity contribution is 9.10. The summed E-state index contributed by atoms with van der Waals surface area (Å²) in [6.07, 6.45) is 1.22. The maximum absolute atomic E-state index is 11.5. The lowest BCUT2D eigenvalue weighted by atomic mass is 9.95. The van der Waals surface area contributed by atoms with Crippen LogP contribution in [0.1, 0.15) is 17.7 Å². The van der Waals surface area contributed by atoms with Crippen molar-refractivity contribution >= 4 is 21.9 Å². The molecule has 5 heteroatoms. The van der Waals surface area contributed by atoms with E-state index in [2.05, 4.69) is 20.7 Å². The van der Waals surface area contributed by atoms with E-state index < -0.39 is 11.5 Å². The fraction of sp³-hybridized carbons (Fsp3) is 0.444. The molecular weight excluding hydrogens is 250 g/mol. The largest absolute Gasteiger partial charge is 0.467 e. The molecule has 2 N–H and O–H groups in total. The first-order chi connectivity index (χ1) is 6.58. The van der Waals surface area contributed by atoms with Gasteiger partial charge in [0, 0.05) is 12.0 Å². The van der Waals surface area contributed by atoms with Crippen molar-refractivity contribution in [2.24, 2.45) is 5.73 Å². The fourth-order valence-corrected chi connectivity index (χ4v) is 2.22. The molecule has 14 heavy (non-hydrogen) atoms. The summed E-state index contributed by atoms with van der Waals surface area (Å²) in [6.45, 7) is 0. The number of methoxy groups -OCH3 is 1. The van der Waals surface area contributed by atoms with Crippen LogP contribution in [0.2, 0.25) is 0 Å². The minimum atomic E-state index is -1.03. The molecule has 0 radical (unpaired) electrons. The van der Waals surface area contributed by atoms with E-state index in [1.54, 1.807) is 6.07 Å². The number of carbonyl (C=O) groups excluding carboxylic acids is 1. The maximum Gasteiger partial charge on any atom is 0.330 e. The Balaban J connectivity index is 2.45. The first kappa shape index (κ1) is 9.73. The van der Waals surface area contributed by atoms with Crippen molar-refractivity contribution in [1.82, 2.24) is 0 Å². The Hall–Kier alpha value is -0.810. The number of halogens is 1. The van der Waals surface area contributed by atoms with Gasteiger partial charge in [-0.1, -0.05) is 0 Å². The molecule has 1 heterocycles. The van der Waals surface area contributed by atoms with E-state index in [9.17, 15) is 4.79 Å². The molecule has 0 saturated carbocycles. The average molecular weight is 260 g/mol. The minimum absolute atomic E-state index is 0.412. The second-order valence-electron chi connectivity index (χ2n) is 3.35. The van der Waals surface area contributed by atoms with Crippen molar-refractivity contribution in [3.63, 3.8) is 0 Å². The Morgan fingerprint density at radius 1 is 1.79 bits per heavy atom. The second-order valence-corrected chi connectivity index (χ2v) is 4.13. The van der Waals surface area contributed by atoms with E-state index in [-0.39, 0.29) is 0 Å². The highest BCUT2D eigenvalue weighted by Crippen LogP contribution is 2.39. The Morgan fingerprint density at radius 3 is 3.14 bits per heavy atom. The number of carbonyl (C=O) groups is 1. The smallest absolute Gasteiger partial charge is 0.330 e. The molecule has 0 bridgehead atoms. The molecule has 1 aliphatic carbocycles. The van der Waals surface area contributed by atoms with Gasteiger partial charge in [-0.25, -0.2) is 4.79 Å². The molecule has 1 atom stereocenters. The van der Waals surface area contributed by atoms with Crippen LogP contribution in [0.5, 0.6) is 0 Å². The predicted octanol–water partition coefficient (Wildman–Crippen LogP) is 1.32. The summed E-state index contributed by atoms with van der Waals surface area (Å²) in [7, 11) is 1.34. The Labute approximate surface area is 89.5 Å². The molecule has 1 aromatic heterocycles. The number of rotatable bonds is 1. The van der Waals surface area contributed by atoms with Crippen LogP contribution in [0.25, 0.3) is 0 Å². The van der Waals surface area contributed by atoms with Crippen molar-refractivity contribution in [1.29, 1.82) is 0 Å². The van der Waals surface area contributed by atoms with Crippen molar-refractivity contribution in [3.05, 3.63) is 22.1 Å². The Bertz CT molecular complexity index is 387. The van der Waals surface area contributed by atoms with E-state index in [4.69, 9.17) is 10.2 Å². The SMILES string of the molecule is COC(=O)C1(N)CCc2oc(Br)cc21. The van der Waals surface area contributed by atoms with Gasteiger partial charge >= 0.3 is 5.97 Å². The molecular formula is C9H10BrNO3. The summed E-state index contributed by atoms with van der Waals surface area (Å²) in [5.74, 6) is 0.356. The van der Waals surface area contributed by atoms with Crippen molar-refractivity contribution in [3.8, 4) is 0 Å². The summed E-state index contributed by atoms with van der Waals surface area (Å²) >= 11 is 3.21. The van der Waals surface area contributed by atoms with E-state index in [0.717, 1.165) is 11.3 Å². The number of hydrogen-bond donors (Lipinski definition) is 1. The van der Waals surface area contributed by atoms with Gasteiger partial charge in [0.05, 0.1) is 7.11 Å². The molecule has 1 aliphatic rings.